The average molecular weight is 237 g/mol. The summed E-state index contributed by atoms with van der Waals surface area (Å²) in [6.07, 6.45) is 0. The molecule has 0 amide bonds. The summed E-state index contributed by atoms with van der Waals surface area (Å²) in [4.78, 5) is 0. The smallest absolute Gasteiger partial charge is 0.158 e. The topological polar surface area (TPSA) is 47.9 Å². The zero-order chi connectivity index (χ0) is 12.0. The predicted molar refractivity (Wildman–Crippen MR) is 73.4 cm³/mol. The van der Waals surface area contributed by atoms with Crippen LogP contribution in [0.25, 0.3) is 0 Å². The van der Waals surface area contributed by atoms with Crippen LogP contribution >= 0.6 is 11.8 Å². The molecule has 0 radical (unpaired) electrons. The van der Waals surface area contributed by atoms with E-state index in [0.29, 0.717) is 11.2 Å². The van der Waals surface area contributed by atoms with E-state index in [2.05, 4.69) is 29.7 Å². The van der Waals surface area contributed by atoms with Crippen molar-refractivity contribution in [2.75, 3.05) is 18.1 Å². The molecular formula is C12H19N3S. The summed E-state index contributed by atoms with van der Waals surface area (Å²) < 4.78 is 0. The second-order valence-corrected chi connectivity index (χ2v) is 4.80. The van der Waals surface area contributed by atoms with Crippen molar-refractivity contribution in [2.45, 2.75) is 19.9 Å². The molecule has 0 aliphatic carbocycles. The van der Waals surface area contributed by atoms with Crippen molar-refractivity contribution in [3.63, 3.8) is 0 Å². The lowest BCUT2D eigenvalue weighted by Crippen LogP contribution is -2.13. The maximum absolute atomic E-state index is 7.69. The van der Waals surface area contributed by atoms with Crippen LogP contribution in [0.4, 0.5) is 5.69 Å². The van der Waals surface area contributed by atoms with E-state index in [4.69, 9.17) is 5.41 Å². The molecule has 16 heavy (non-hydrogen) atoms. The van der Waals surface area contributed by atoms with Crippen LogP contribution < -0.4 is 10.6 Å². The second-order valence-electron chi connectivity index (χ2n) is 3.52. The molecule has 1 aromatic rings. The number of rotatable bonds is 4. The first-order valence-corrected chi connectivity index (χ1v) is 6.41. The quantitative estimate of drug-likeness (QED) is 0.557. The van der Waals surface area contributed by atoms with Gasteiger partial charge in [0, 0.05) is 11.7 Å². The largest absolute Gasteiger partial charge is 0.335 e. The van der Waals surface area contributed by atoms with Gasteiger partial charge in [0.15, 0.2) is 5.17 Å². The molecule has 0 heterocycles. The zero-order valence-corrected chi connectivity index (χ0v) is 10.8. The molecule has 0 saturated carbocycles. The Kier molecular flexibility index (Phi) is 5.35. The Morgan fingerprint density at radius 3 is 2.88 bits per heavy atom. The fraction of sp³-hybridized carbons (Fsp3) is 0.417. The SMILES string of the molecule is CCSC(=N)Nc1cccc(C(C)NC)c1. The molecule has 1 aromatic carbocycles. The van der Waals surface area contributed by atoms with E-state index in [1.165, 1.54) is 17.3 Å². The third kappa shape index (κ3) is 3.87. The summed E-state index contributed by atoms with van der Waals surface area (Å²) in [7, 11) is 1.94. The number of amidine groups is 1. The predicted octanol–water partition coefficient (Wildman–Crippen LogP) is 3.07. The molecule has 0 bridgehead atoms. The van der Waals surface area contributed by atoms with E-state index in [1.54, 1.807) is 0 Å². The lowest BCUT2D eigenvalue weighted by Gasteiger charge is -2.13. The lowest BCUT2D eigenvalue weighted by molar-refractivity contribution is 0.652. The van der Waals surface area contributed by atoms with E-state index < -0.39 is 0 Å². The Hall–Kier alpha value is -1.00. The normalized spacial score (nSPS) is 12.2. The van der Waals surface area contributed by atoms with Gasteiger partial charge in [-0.15, -0.1) is 0 Å². The molecule has 4 heteroatoms. The first kappa shape index (κ1) is 13.1. The Bertz CT molecular complexity index is 352. The zero-order valence-electron chi connectivity index (χ0n) is 10.0. The average Bonchev–Trinajstić information content (AvgIpc) is 2.28. The van der Waals surface area contributed by atoms with Crippen LogP contribution in [-0.2, 0) is 0 Å². The molecule has 1 rings (SSSR count). The number of hydrogen-bond acceptors (Lipinski definition) is 3. The van der Waals surface area contributed by atoms with Gasteiger partial charge in [0.1, 0.15) is 0 Å². The Labute approximate surface area is 102 Å². The van der Waals surface area contributed by atoms with E-state index in [0.717, 1.165) is 11.4 Å². The Morgan fingerprint density at radius 1 is 1.50 bits per heavy atom. The summed E-state index contributed by atoms with van der Waals surface area (Å²) in [5, 5.41) is 14.5. The lowest BCUT2D eigenvalue weighted by atomic mass is 10.1. The maximum Gasteiger partial charge on any atom is 0.158 e. The van der Waals surface area contributed by atoms with Gasteiger partial charge in [-0.2, -0.15) is 0 Å². The Balaban J connectivity index is 2.71. The van der Waals surface area contributed by atoms with E-state index in [-0.39, 0.29) is 0 Å². The van der Waals surface area contributed by atoms with Crippen LogP contribution in [0.1, 0.15) is 25.5 Å². The summed E-state index contributed by atoms with van der Waals surface area (Å²) in [5.41, 5.74) is 2.20. The molecule has 0 spiro atoms. The molecule has 3 N–H and O–H groups in total. The van der Waals surface area contributed by atoms with Crippen LogP contribution in [0.5, 0.6) is 0 Å². The molecular weight excluding hydrogens is 218 g/mol. The molecule has 0 saturated heterocycles. The minimum Gasteiger partial charge on any atom is -0.335 e. The number of anilines is 1. The van der Waals surface area contributed by atoms with Crippen LogP contribution in [0.3, 0.4) is 0 Å². The van der Waals surface area contributed by atoms with E-state index in [1.807, 2.05) is 26.1 Å². The summed E-state index contributed by atoms with van der Waals surface area (Å²) in [5.74, 6) is 0.915. The number of nitrogens with one attached hydrogen (secondary N) is 3. The molecule has 88 valence electrons. The molecule has 0 aliphatic rings. The highest BCUT2D eigenvalue weighted by molar-refractivity contribution is 8.14. The molecule has 0 aromatic heterocycles. The van der Waals surface area contributed by atoms with Crippen molar-refractivity contribution in [1.82, 2.24) is 5.32 Å². The highest BCUT2D eigenvalue weighted by atomic mass is 32.2. The summed E-state index contributed by atoms with van der Waals surface area (Å²) >= 11 is 1.50. The van der Waals surface area contributed by atoms with Gasteiger partial charge in [0.25, 0.3) is 0 Å². The van der Waals surface area contributed by atoms with Gasteiger partial charge in [-0.3, -0.25) is 5.41 Å². The second kappa shape index (κ2) is 6.55. The summed E-state index contributed by atoms with van der Waals surface area (Å²) in [6, 6.07) is 8.48. The van der Waals surface area contributed by atoms with Crippen molar-refractivity contribution in [3.8, 4) is 0 Å². The van der Waals surface area contributed by atoms with Gasteiger partial charge in [0.05, 0.1) is 0 Å². The fourth-order valence-corrected chi connectivity index (χ4v) is 1.84. The van der Waals surface area contributed by atoms with Crippen LogP contribution in [-0.4, -0.2) is 18.0 Å². The van der Waals surface area contributed by atoms with Crippen LogP contribution in [0.15, 0.2) is 24.3 Å². The minimum atomic E-state index is 0.328. The fourth-order valence-electron chi connectivity index (χ4n) is 1.36. The Morgan fingerprint density at radius 2 is 2.25 bits per heavy atom. The van der Waals surface area contributed by atoms with Gasteiger partial charge in [-0.1, -0.05) is 30.8 Å². The molecule has 0 fully saturated rings. The maximum atomic E-state index is 7.69. The standard InChI is InChI=1S/C12H19N3S/c1-4-16-12(13)15-11-7-5-6-10(8-11)9(2)14-3/h5-9,14H,4H2,1-3H3,(H2,13,15). The third-order valence-corrected chi connectivity index (χ3v) is 3.05. The van der Waals surface area contributed by atoms with E-state index in [9.17, 15) is 0 Å². The number of benzene rings is 1. The molecule has 3 nitrogen and oxygen atoms in total. The van der Waals surface area contributed by atoms with Crippen molar-refractivity contribution in [1.29, 1.82) is 5.41 Å². The monoisotopic (exact) mass is 237 g/mol. The van der Waals surface area contributed by atoms with Crippen LogP contribution in [0, 0.1) is 5.41 Å². The highest BCUT2D eigenvalue weighted by Crippen LogP contribution is 2.18. The van der Waals surface area contributed by atoms with Crippen molar-refractivity contribution < 1.29 is 0 Å². The van der Waals surface area contributed by atoms with Crippen molar-refractivity contribution in [2.24, 2.45) is 0 Å². The highest BCUT2D eigenvalue weighted by Gasteiger charge is 2.03. The van der Waals surface area contributed by atoms with Gasteiger partial charge in [-0.25, -0.2) is 0 Å². The molecule has 0 aliphatic heterocycles. The van der Waals surface area contributed by atoms with Gasteiger partial charge >= 0.3 is 0 Å². The van der Waals surface area contributed by atoms with Crippen LogP contribution in [0.2, 0.25) is 0 Å². The van der Waals surface area contributed by atoms with Gasteiger partial charge < -0.3 is 10.6 Å². The third-order valence-electron chi connectivity index (χ3n) is 2.37. The van der Waals surface area contributed by atoms with Gasteiger partial charge in [-0.05, 0) is 37.4 Å². The van der Waals surface area contributed by atoms with Gasteiger partial charge in [0.2, 0.25) is 0 Å². The first-order chi connectivity index (χ1) is 7.67. The van der Waals surface area contributed by atoms with Crippen molar-refractivity contribution >= 4 is 22.6 Å². The molecule has 1 unspecified atom stereocenters. The molecule has 1 atom stereocenters. The van der Waals surface area contributed by atoms with E-state index >= 15 is 0 Å². The first-order valence-electron chi connectivity index (χ1n) is 5.43. The number of thioether (sulfide) groups is 1. The minimum absolute atomic E-state index is 0.328. The van der Waals surface area contributed by atoms with Crippen molar-refractivity contribution in [3.05, 3.63) is 29.8 Å². The summed E-state index contributed by atoms with van der Waals surface area (Å²) in [6.45, 7) is 4.16. The number of hydrogen-bond donors (Lipinski definition) is 3.